The molecular formula is C12H12BrN5O2. The van der Waals surface area contributed by atoms with Crippen LogP contribution >= 0.6 is 15.9 Å². The lowest BCUT2D eigenvalue weighted by molar-refractivity contribution is -0.116. The SMILES string of the molecule is NC(=O)c1cnn(CC(=O)Nc2ccc(N)cc2Br)c1. The highest BCUT2D eigenvalue weighted by atomic mass is 79.9. The Morgan fingerprint density at radius 3 is 2.75 bits per heavy atom. The molecule has 0 spiro atoms. The van der Waals surface area contributed by atoms with Crippen molar-refractivity contribution < 1.29 is 9.59 Å². The molecule has 0 saturated heterocycles. The summed E-state index contributed by atoms with van der Waals surface area (Å²) >= 11 is 3.31. The van der Waals surface area contributed by atoms with Crippen LogP contribution in [0.1, 0.15) is 10.4 Å². The van der Waals surface area contributed by atoms with E-state index in [0.29, 0.717) is 15.8 Å². The van der Waals surface area contributed by atoms with Gasteiger partial charge < -0.3 is 16.8 Å². The van der Waals surface area contributed by atoms with Crippen molar-refractivity contribution >= 4 is 39.1 Å². The first-order valence-electron chi connectivity index (χ1n) is 5.63. The second-order valence-corrected chi connectivity index (χ2v) is 4.93. The molecule has 2 amide bonds. The number of carbonyl (C=O) groups is 2. The number of benzene rings is 1. The van der Waals surface area contributed by atoms with E-state index in [4.69, 9.17) is 11.5 Å². The average molecular weight is 338 g/mol. The Hall–Kier alpha value is -2.35. The van der Waals surface area contributed by atoms with E-state index in [-0.39, 0.29) is 18.0 Å². The first-order valence-corrected chi connectivity index (χ1v) is 6.42. The van der Waals surface area contributed by atoms with Gasteiger partial charge in [0.15, 0.2) is 0 Å². The zero-order chi connectivity index (χ0) is 14.7. The minimum atomic E-state index is -0.585. The molecule has 0 fully saturated rings. The topological polar surface area (TPSA) is 116 Å². The molecule has 0 atom stereocenters. The molecule has 0 bridgehead atoms. The number of aromatic nitrogens is 2. The molecule has 0 saturated carbocycles. The number of amides is 2. The highest BCUT2D eigenvalue weighted by Crippen LogP contribution is 2.24. The molecule has 0 aliphatic heterocycles. The second kappa shape index (κ2) is 5.74. The second-order valence-electron chi connectivity index (χ2n) is 4.08. The highest BCUT2D eigenvalue weighted by Gasteiger charge is 2.09. The lowest BCUT2D eigenvalue weighted by Gasteiger charge is -2.08. The van der Waals surface area contributed by atoms with Crippen LogP contribution in [-0.2, 0) is 11.3 Å². The van der Waals surface area contributed by atoms with Crippen LogP contribution in [0.2, 0.25) is 0 Å². The van der Waals surface area contributed by atoms with Crippen molar-refractivity contribution in [2.24, 2.45) is 5.73 Å². The molecular weight excluding hydrogens is 326 g/mol. The highest BCUT2D eigenvalue weighted by molar-refractivity contribution is 9.10. The summed E-state index contributed by atoms with van der Waals surface area (Å²) < 4.78 is 2.02. The van der Waals surface area contributed by atoms with E-state index in [1.807, 2.05) is 0 Å². The third kappa shape index (κ3) is 3.35. The molecule has 0 radical (unpaired) electrons. The monoisotopic (exact) mass is 337 g/mol. The quantitative estimate of drug-likeness (QED) is 0.720. The molecule has 1 aromatic heterocycles. The summed E-state index contributed by atoms with van der Waals surface area (Å²) in [4.78, 5) is 22.8. The van der Waals surface area contributed by atoms with Crippen molar-refractivity contribution in [3.8, 4) is 0 Å². The zero-order valence-corrected chi connectivity index (χ0v) is 11.9. The number of hydrogen-bond donors (Lipinski definition) is 3. The Morgan fingerprint density at radius 2 is 2.15 bits per heavy atom. The summed E-state index contributed by atoms with van der Waals surface area (Å²) in [5.41, 5.74) is 12.2. The molecule has 2 rings (SSSR count). The lowest BCUT2D eigenvalue weighted by Crippen LogP contribution is -2.19. The first kappa shape index (κ1) is 14.1. The van der Waals surface area contributed by atoms with Crippen LogP contribution in [0.3, 0.4) is 0 Å². The van der Waals surface area contributed by atoms with Crippen molar-refractivity contribution in [1.82, 2.24) is 9.78 Å². The van der Waals surface area contributed by atoms with Crippen LogP contribution in [0.15, 0.2) is 35.1 Å². The van der Waals surface area contributed by atoms with Crippen LogP contribution in [-0.4, -0.2) is 21.6 Å². The van der Waals surface area contributed by atoms with Crippen molar-refractivity contribution in [3.05, 3.63) is 40.6 Å². The van der Waals surface area contributed by atoms with E-state index in [1.165, 1.54) is 17.1 Å². The third-order valence-corrected chi connectivity index (χ3v) is 3.15. The molecule has 2 aromatic rings. The van der Waals surface area contributed by atoms with E-state index in [0.717, 1.165) is 0 Å². The number of rotatable bonds is 4. The minimum absolute atomic E-state index is 0.0237. The van der Waals surface area contributed by atoms with Crippen LogP contribution < -0.4 is 16.8 Å². The molecule has 20 heavy (non-hydrogen) atoms. The summed E-state index contributed by atoms with van der Waals surface area (Å²) in [6, 6.07) is 5.06. The predicted molar refractivity (Wildman–Crippen MR) is 77.9 cm³/mol. The summed E-state index contributed by atoms with van der Waals surface area (Å²) in [5.74, 6) is -0.868. The molecule has 104 valence electrons. The summed E-state index contributed by atoms with van der Waals surface area (Å²) in [6.07, 6.45) is 2.73. The fourth-order valence-corrected chi connectivity index (χ4v) is 2.04. The van der Waals surface area contributed by atoms with Gasteiger partial charge in [0.05, 0.1) is 17.4 Å². The van der Waals surface area contributed by atoms with Gasteiger partial charge in [-0.1, -0.05) is 0 Å². The Morgan fingerprint density at radius 1 is 1.40 bits per heavy atom. The Bertz CT molecular complexity index is 668. The summed E-state index contributed by atoms with van der Waals surface area (Å²) in [6.45, 7) is -0.0237. The molecule has 5 N–H and O–H groups in total. The van der Waals surface area contributed by atoms with Crippen molar-refractivity contribution in [3.63, 3.8) is 0 Å². The fraction of sp³-hybridized carbons (Fsp3) is 0.0833. The Balaban J connectivity index is 2.03. The van der Waals surface area contributed by atoms with Gasteiger partial charge in [-0.25, -0.2) is 0 Å². The van der Waals surface area contributed by atoms with E-state index in [2.05, 4.69) is 26.3 Å². The van der Waals surface area contributed by atoms with E-state index in [9.17, 15) is 9.59 Å². The maximum Gasteiger partial charge on any atom is 0.251 e. The molecule has 8 heteroatoms. The van der Waals surface area contributed by atoms with Crippen molar-refractivity contribution in [1.29, 1.82) is 0 Å². The molecule has 0 unspecified atom stereocenters. The largest absolute Gasteiger partial charge is 0.399 e. The molecule has 7 nitrogen and oxygen atoms in total. The number of anilines is 2. The van der Waals surface area contributed by atoms with Gasteiger partial charge in [0.25, 0.3) is 5.91 Å². The van der Waals surface area contributed by atoms with Gasteiger partial charge in [0.2, 0.25) is 5.91 Å². The number of halogens is 1. The van der Waals surface area contributed by atoms with Gasteiger partial charge in [-0.2, -0.15) is 5.10 Å². The number of hydrogen-bond acceptors (Lipinski definition) is 4. The van der Waals surface area contributed by atoms with Crippen LogP contribution in [0, 0.1) is 0 Å². The van der Waals surface area contributed by atoms with Crippen LogP contribution in [0.25, 0.3) is 0 Å². The number of nitrogens with two attached hydrogens (primary N) is 2. The van der Waals surface area contributed by atoms with Crippen LogP contribution in [0.4, 0.5) is 11.4 Å². The maximum atomic E-state index is 11.9. The molecule has 0 aliphatic carbocycles. The van der Waals surface area contributed by atoms with E-state index < -0.39 is 5.91 Å². The molecule has 0 aliphatic rings. The van der Waals surface area contributed by atoms with E-state index >= 15 is 0 Å². The fourth-order valence-electron chi connectivity index (χ4n) is 1.55. The number of carbonyl (C=O) groups excluding carboxylic acids is 2. The van der Waals surface area contributed by atoms with Gasteiger partial charge in [0, 0.05) is 16.4 Å². The van der Waals surface area contributed by atoms with Gasteiger partial charge in [0.1, 0.15) is 6.54 Å². The normalized spacial score (nSPS) is 10.2. The predicted octanol–water partition coefficient (Wildman–Crippen LogP) is 0.965. The smallest absolute Gasteiger partial charge is 0.251 e. The third-order valence-electron chi connectivity index (χ3n) is 2.49. The number of nitrogens with zero attached hydrogens (tertiary/aromatic N) is 2. The van der Waals surface area contributed by atoms with Gasteiger partial charge in [-0.15, -0.1) is 0 Å². The Labute approximate surface area is 123 Å². The maximum absolute atomic E-state index is 11.9. The summed E-state index contributed by atoms with van der Waals surface area (Å²) in [5, 5.41) is 6.58. The van der Waals surface area contributed by atoms with Gasteiger partial charge >= 0.3 is 0 Å². The number of nitrogen functional groups attached to an aromatic ring is 1. The zero-order valence-electron chi connectivity index (χ0n) is 10.3. The average Bonchev–Trinajstić information content (AvgIpc) is 2.81. The summed E-state index contributed by atoms with van der Waals surface area (Å²) in [7, 11) is 0. The van der Waals surface area contributed by atoms with E-state index in [1.54, 1.807) is 18.2 Å². The van der Waals surface area contributed by atoms with Gasteiger partial charge in [-0.3, -0.25) is 14.3 Å². The first-order chi connectivity index (χ1) is 9.45. The van der Waals surface area contributed by atoms with Crippen molar-refractivity contribution in [2.45, 2.75) is 6.54 Å². The lowest BCUT2D eigenvalue weighted by atomic mass is 10.3. The number of nitrogens with one attached hydrogen (secondary N) is 1. The van der Waals surface area contributed by atoms with Gasteiger partial charge in [-0.05, 0) is 34.1 Å². The minimum Gasteiger partial charge on any atom is -0.399 e. The molecule has 1 aromatic carbocycles. The standard InChI is InChI=1S/C12H12BrN5O2/c13-9-3-8(14)1-2-10(9)17-11(19)6-18-5-7(4-16-18)12(15)20/h1-5H,6,14H2,(H2,15,20)(H,17,19). The van der Waals surface area contributed by atoms with Crippen molar-refractivity contribution in [2.75, 3.05) is 11.1 Å². The van der Waals surface area contributed by atoms with Crippen LogP contribution in [0.5, 0.6) is 0 Å². The number of primary amides is 1. The Kier molecular flexibility index (Phi) is 4.04. The molecule has 1 heterocycles.